The van der Waals surface area contributed by atoms with Crippen molar-refractivity contribution in [1.29, 1.82) is 0 Å². The van der Waals surface area contributed by atoms with E-state index in [4.69, 9.17) is 9.63 Å². The van der Waals surface area contributed by atoms with Crippen LogP contribution in [0, 0.1) is 12.8 Å². The molecule has 1 aromatic rings. The number of amides is 1. The van der Waals surface area contributed by atoms with Crippen molar-refractivity contribution in [1.82, 2.24) is 15.5 Å². The van der Waals surface area contributed by atoms with Crippen LogP contribution < -0.4 is 5.32 Å². The Bertz CT molecular complexity index is 345. The summed E-state index contributed by atoms with van der Waals surface area (Å²) < 4.78 is 4.73. The topological polar surface area (TPSA) is 88.2 Å². The minimum atomic E-state index is -0.333. The summed E-state index contributed by atoms with van der Waals surface area (Å²) in [7, 11) is 0. The van der Waals surface area contributed by atoms with E-state index in [1.165, 1.54) is 0 Å². The summed E-state index contributed by atoms with van der Waals surface area (Å²) in [5.41, 5.74) is 0. The molecule has 0 radical (unpaired) electrons. The van der Waals surface area contributed by atoms with Crippen molar-refractivity contribution >= 4 is 5.91 Å². The Hall–Kier alpha value is -1.43. The van der Waals surface area contributed by atoms with E-state index in [0.717, 1.165) is 12.8 Å². The molecule has 0 spiro atoms. The van der Waals surface area contributed by atoms with Gasteiger partial charge in [-0.25, -0.2) is 0 Å². The van der Waals surface area contributed by atoms with E-state index < -0.39 is 0 Å². The van der Waals surface area contributed by atoms with Gasteiger partial charge in [-0.15, -0.1) is 0 Å². The van der Waals surface area contributed by atoms with Crippen molar-refractivity contribution in [2.75, 3.05) is 13.2 Å². The highest BCUT2D eigenvalue weighted by Crippen LogP contribution is 2.09. The predicted molar refractivity (Wildman–Crippen MR) is 61.5 cm³/mol. The second-order valence-corrected chi connectivity index (χ2v) is 4.01. The lowest BCUT2D eigenvalue weighted by Gasteiger charge is -2.14. The van der Waals surface area contributed by atoms with E-state index >= 15 is 0 Å². The zero-order valence-corrected chi connectivity index (χ0v) is 10.3. The smallest absolute Gasteiger partial charge is 0.292 e. The number of hydrogen-bond donors (Lipinski definition) is 2. The van der Waals surface area contributed by atoms with Crippen molar-refractivity contribution in [3.05, 3.63) is 11.7 Å². The largest absolute Gasteiger partial charge is 0.396 e. The summed E-state index contributed by atoms with van der Waals surface area (Å²) in [5.74, 6) is 0.389. The molecule has 1 atom stereocenters. The number of aromatic nitrogens is 2. The second-order valence-electron chi connectivity index (χ2n) is 4.01. The molecule has 6 heteroatoms. The molecule has 0 saturated heterocycles. The van der Waals surface area contributed by atoms with Crippen LogP contribution in [0.15, 0.2) is 4.52 Å². The molecule has 0 fully saturated rings. The van der Waals surface area contributed by atoms with Gasteiger partial charge in [0.25, 0.3) is 11.7 Å². The number of carbonyl (C=O) groups excluding carboxylic acids is 1. The fourth-order valence-corrected chi connectivity index (χ4v) is 1.65. The Balaban J connectivity index is 2.40. The number of nitrogens with one attached hydrogen (secondary N) is 1. The maximum absolute atomic E-state index is 11.6. The monoisotopic (exact) mass is 241 g/mol. The van der Waals surface area contributed by atoms with Gasteiger partial charge < -0.3 is 14.9 Å². The van der Waals surface area contributed by atoms with E-state index in [2.05, 4.69) is 22.4 Å². The lowest BCUT2D eigenvalue weighted by molar-refractivity contribution is 0.0929. The van der Waals surface area contributed by atoms with E-state index in [-0.39, 0.29) is 18.3 Å². The van der Waals surface area contributed by atoms with Crippen molar-refractivity contribution in [3.63, 3.8) is 0 Å². The van der Waals surface area contributed by atoms with Crippen LogP contribution in [0.25, 0.3) is 0 Å². The first-order valence-electron chi connectivity index (χ1n) is 5.86. The summed E-state index contributed by atoms with van der Waals surface area (Å²) in [6.07, 6.45) is 2.70. The molecule has 1 heterocycles. The number of aliphatic hydroxyl groups is 1. The average Bonchev–Trinajstić information content (AvgIpc) is 2.73. The Labute approximate surface area is 100 Å². The van der Waals surface area contributed by atoms with Gasteiger partial charge >= 0.3 is 0 Å². The lowest BCUT2D eigenvalue weighted by atomic mass is 10.0. The molecule has 1 rings (SSSR count). The molecule has 17 heavy (non-hydrogen) atoms. The molecule has 6 nitrogen and oxygen atoms in total. The quantitative estimate of drug-likeness (QED) is 0.740. The van der Waals surface area contributed by atoms with E-state index in [1.54, 1.807) is 6.92 Å². The number of rotatable bonds is 7. The molecule has 2 N–H and O–H groups in total. The molecule has 0 bridgehead atoms. The molecule has 0 aliphatic carbocycles. The summed E-state index contributed by atoms with van der Waals surface area (Å²) in [5, 5.41) is 15.2. The average molecular weight is 241 g/mol. The first kappa shape index (κ1) is 13.6. The number of hydrogen-bond acceptors (Lipinski definition) is 5. The molecular weight excluding hydrogens is 222 g/mol. The standard InChI is InChI=1S/C11H19N3O3/c1-3-4-9(5-6-15)7-12-11(16)10-13-8(2)17-14-10/h9,15H,3-7H2,1-2H3,(H,12,16). The van der Waals surface area contributed by atoms with Crippen LogP contribution in [-0.4, -0.2) is 34.3 Å². The Morgan fingerprint density at radius 3 is 2.82 bits per heavy atom. The summed E-state index contributed by atoms with van der Waals surface area (Å²) in [4.78, 5) is 15.5. The normalized spacial score (nSPS) is 12.4. The fraction of sp³-hybridized carbons (Fsp3) is 0.727. The van der Waals surface area contributed by atoms with Crippen molar-refractivity contribution in [2.45, 2.75) is 33.1 Å². The van der Waals surface area contributed by atoms with Crippen LogP contribution in [0.3, 0.4) is 0 Å². The zero-order valence-electron chi connectivity index (χ0n) is 10.3. The Morgan fingerprint density at radius 1 is 1.53 bits per heavy atom. The molecule has 0 aliphatic heterocycles. The maximum Gasteiger partial charge on any atom is 0.292 e. The minimum absolute atomic E-state index is 0.0572. The summed E-state index contributed by atoms with van der Waals surface area (Å²) in [6, 6.07) is 0. The highest BCUT2D eigenvalue weighted by molar-refractivity contribution is 5.90. The van der Waals surface area contributed by atoms with Crippen LogP contribution in [0.2, 0.25) is 0 Å². The number of aryl methyl sites for hydroxylation is 1. The summed E-state index contributed by atoms with van der Waals surface area (Å²) >= 11 is 0. The van der Waals surface area contributed by atoms with Gasteiger partial charge in [0, 0.05) is 20.1 Å². The second kappa shape index (κ2) is 7.01. The third kappa shape index (κ3) is 4.52. The first-order chi connectivity index (χ1) is 8.17. The van der Waals surface area contributed by atoms with E-state index in [0.29, 0.717) is 24.8 Å². The summed E-state index contributed by atoms with van der Waals surface area (Å²) in [6.45, 7) is 4.38. The molecule has 1 amide bonds. The van der Waals surface area contributed by atoms with Gasteiger partial charge in [-0.05, 0) is 18.8 Å². The molecule has 96 valence electrons. The molecule has 0 aromatic carbocycles. The van der Waals surface area contributed by atoms with Gasteiger partial charge in [-0.3, -0.25) is 4.79 Å². The number of aliphatic hydroxyl groups excluding tert-OH is 1. The van der Waals surface area contributed by atoms with Crippen LogP contribution in [0.5, 0.6) is 0 Å². The molecule has 0 aliphatic rings. The van der Waals surface area contributed by atoms with Crippen molar-refractivity contribution in [3.8, 4) is 0 Å². The van der Waals surface area contributed by atoms with Crippen molar-refractivity contribution < 1.29 is 14.4 Å². The molecule has 0 saturated carbocycles. The molecule has 1 aromatic heterocycles. The molecule has 1 unspecified atom stereocenters. The number of carbonyl (C=O) groups is 1. The van der Waals surface area contributed by atoms with E-state index in [1.807, 2.05) is 0 Å². The van der Waals surface area contributed by atoms with Gasteiger partial charge in [-0.1, -0.05) is 18.5 Å². The third-order valence-electron chi connectivity index (χ3n) is 2.52. The number of nitrogens with zero attached hydrogens (tertiary/aromatic N) is 2. The fourth-order valence-electron chi connectivity index (χ4n) is 1.65. The van der Waals surface area contributed by atoms with Gasteiger partial charge in [0.2, 0.25) is 5.89 Å². The molecular formula is C11H19N3O3. The van der Waals surface area contributed by atoms with Crippen molar-refractivity contribution in [2.24, 2.45) is 5.92 Å². The zero-order chi connectivity index (χ0) is 12.7. The van der Waals surface area contributed by atoms with Gasteiger partial charge in [0.15, 0.2) is 0 Å². The van der Waals surface area contributed by atoms with Crippen LogP contribution in [0.1, 0.15) is 42.7 Å². The highest BCUT2D eigenvalue weighted by Gasteiger charge is 2.14. The first-order valence-corrected chi connectivity index (χ1v) is 5.86. The predicted octanol–water partition coefficient (Wildman–Crippen LogP) is 0.907. The Kier molecular flexibility index (Phi) is 5.62. The lowest BCUT2D eigenvalue weighted by Crippen LogP contribution is -2.30. The maximum atomic E-state index is 11.6. The van der Waals surface area contributed by atoms with Crippen LogP contribution in [0.4, 0.5) is 0 Å². The minimum Gasteiger partial charge on any atom is -0.396 e. The van der Waals surface area contributed by atoms with Gasteiger partial charge in [0.05, 0.1) is 0 Å². The van der Waals surface area contributed by atoms with Crippen LogP contribution >= 0.6 is 0 Å². The van der Waals surface area contributed by atoms with Gasteiger partial charge in [-0.2, -0.15) is 4.98 Å². The highest BCUT2D eigenvalue weighted by atomic mass is 16.5. The third-order valence-corrected chi connectivity index (χ3v) is 2.52. The van der Waals surface area contributed by atoms with E-state index in [9.17, 15) is 4.79 Å². The SMILES string of the molecule is CCCC(CCO)CNC(=O)c1noc(C)n1. The van der Waals surface area contributed by atoms with Gasteiger partial charge in [0.1, 0.15) is 0 Å². The Morgan fingerprint density at radius 2 is 2.29 bits per heavy atom. The van der Waals surface area contributed by atoms with Crippen LogP contribution in [-0.2, 0) is 0 Å².